The van der Waals surface area contributed by atoms with E-state index in [2.05, 4.69) is 19.2 Å². The van der Waals surface area contributed by atoms with E-state index in [0.29, 0.717) is 6.04 Å². The number of aliphatic hydroxyl groups is 1. The summed E-state index contributed by atoms with van der Waals surface area (Å²) in [7, 11) is 0. The van der Waals surface area contributed by atoms with Gasteiger partial charge < -0.3 is 10.4 Å². The van der Waals surface area contributed by atoms with Gasteiger partial charge in [-0.25, -0.2) is 0 Å². The molecule has 0 saturated heterocycles. The second-order valence-corrected chi connectivity index (χ2v) is 3.65. The average molecular weight is 193 g/mol. The van der Waals surface area contributed by atoms with Crippen LogP contribution >= 0.6 is 0 Å². The lowest BCUT2D eigenvalue weighted by molar-refractivity contribution is 0.282. The summed E-state index contributed by atoms with van der Waals surface area (Å²) in [5.74, 6) is 0. The van der Waals surface area contributed by atoms with E-state index in [-0.39, 0.29) is 6.61 Å². The number of anilines is 1. The van der Waals surface area contributed by atoms with Gasteiger partial charge in [0.2, 0.25) is 0 Å². The Morgan fingerprint density at radius 1 is 1.36 bits per heavy atom. The van der Waals surface area contributed by atoms with Gasteiger partial charge >= 0.3 is 0 Å². The fraction of sp³-hybridized carbons (Fsp3) is 0.500. The summed E-state index contributed by atoms with van der Waals surface area (Å²) in [5.41, 5.74) is 2.02. The van der Waals surface area contributed by atoms with E-state index in [1.165, 1.54) is 6.42 Å². The molecule has 0 unspecified atom stereocenters. The molecule has 0 radical (unpaired) electrons. The molecule has 1 rings (SSSR count). The fourth-order valence-electron chi connectivity index (χ4n) is 1.57. The molecule has 2 nitrogen and oxygen atoms in total. The molecule has 0 spiro atoms. The van der Waals surface area contributed by atoms with Crippen LogP contribution in [0.15, 0.2) is 24.3 Å². The molecule has 0 aliphatic carbocycles. The third-order valence-corrected chi connectivity index (χ3v) is 2.31. The van der Waals surface area contributed by atoms with Crippen LogP contribution < -0.4 is 5.32 Å². The van der Waals surface area contributed by atoms with Gasteiger partial charge in [0.15, 0.2) is 0 Å². The second-order valence-electron chi connectivity index (χ2n) is 3.65. The minimum atomic E-state index is 0.0992. The number of hydrogen-bond donors (Lipinski definition) is 2. The lowest BCUT2D eigenvalue weighted by Crippen LogP contribution is -2.15. The van der Waals surface area contributed by atoms with E-state index in [0.717, 1.165) is 17.7 Å². The van der Waals surface area contributed by atoms with Crippen LogP contribution in [0.25, 0.3) is 0 Å². The summed E-state index contributed by atoms with van der Waals surface area (Å²) in [6.45, 7) is 4.44. The topological polar surface area (TPSA) is 32.3 Å². The summed E-state index contributed by atoms with van der Waals surface area (Å²) in [5, 5.41) is 12.5. The molecular weight excluding hydrogens is 174 g/mol. The van der Waals surface area contributed by atoms with E-state index in [1.54, 1.807) is 0 Å². The summed E-state index contributed by atoms with van der Waals surface area (Å²) >= 11 is 0. The number of aliphatic hydroxyl groups excluding tert-OH is 1. The van der Waals surface area contributed by atoms with Crippen LogP contribution in [-0.2, 0) is 6.61 Å². The second kappa shape index (κ2) is 5.66. The van der Waals surface area contributed by atoms with Gasteiger partial charge in [0.1, 0.15) is 0 Å². The van der Waals surface area contributed by atoms with Crippen molar-refractivity contribution in [3.05, 3.63) is 29.8 Å². The number of rotatable bonds is 5. The van der Waals surface area contributed by atoms with E-state index in [1.807, 2.05) is 24.3 Å². The van der Waals surface area contributed by atoms with Gasteiger partial charge in [0.05, 0.1) is 6.61 Å². The van der Waals surface area contributed by atoms with Gasteiger partial charge in [-0.2, -0.15) is 0 Å². The van der Waals surface area contributed by atoms with E-state index < -0.39 is 0 Å². The van der Waals surface area contributed by atoms with Crippen molar-refractivity contribution in [1.82, 2.24) is 0 Å². The zero-order valence-electron chi connectivity index (χ0n) is 8.96. The normalized spacial score (nSPS) is 12.5. The first-order valence-electron chi connectivity index (χ1n) is 5.23. The zero-order chi connectivity index (χ0) is 10.4. The highest BCUT2D eigenvalue weighted by Gasteiger charge is 2.03. The lowest BCUT2D eigenvalue weighted by atomic mass is 10.1. The third kappa shape index (κ3) is 3.04. The van der Waals surface area contributed by atoms with E-state index in [9.17, 15) is 0 Å². The summed E-state index contributed by atoms with van der Waals surface area (Å²) in [6.07, 6.45) is 2.33. The number of nitrogens with one attached hydrogen (secondary N) is 1. The van der Waals surface area contributed by atoms with Gasteiger partial charge in [-0.3, -0.25) is 0 Å². The predicted molar refractivity (Wildman–Crippen MR) is 60.4 cm³/mol. The number of para-hydroxylation sites is 1. The lowest BCUT2D eigenvalue weighted by Gasteiger charge is -2.16. The molecule has 0 amide bonds. The Labute approximate surface area is 86.0 Å². The van der Waals surface area contributed by atoms with E-state index in [4.69, 9.17) is 5.11 Å². The van der Waals surface area contributed by atoms with Crippen molar-refractivity contribution >= 4 is 5.69 Å². The smallest absolute Gasteiger partial charge is 0.0701 e. The highest BCUT2D eigenvalue weighted by molar-refractivity contribution is 5.51. The Balaban J connectivity index is 2.65. The van der Waals surface area contributed by atoms with Crippen LogP contribution in [0.1, 0.15) is 32.3 Å². The van der Waals surface area contributed by atoms with Crippen LogP contribution in [0, 0.1) is 0 Å². The first kappa shape index (κ1) is 11.1. The molecule has 14 heavy (non-hydrogen) atoms. The summed E-state index contributed by atoms with van der Waals surface area (Å²) in [6, 6.07) is 8.35. The van der Waals surface area contributed by atoms with Crippen LogP contribution in [0.5, 0.6) is 0 Å². The Morgan fingerprint density at radius 3 is 2.71 bits per heavy atom. The highest BCUT2D eigenvalue weighted by atomic mass is 16.3. The number of hydrogen-bond acceptors (Lipinski definition) is 2. The van der Waals surface area contributed by atoms with Crippen LogP contribution in [0.2, 0.25) is 0 Å². The monoisotopic (exact) mass is 193 g/mol. The first-order valence-corrected chi connectivity index (χ1v) is 5.23. The minimum absolute atomic E-state index is 0.0992. The Morgan fingerprint density at radius 2 is 2.07 bits per heavy atom. The average Bonchev–Trinajstić information content (AvgIpc) is 2.19. The van der Waals surface area contributed by atoms with Gasteiger partial charge in [0.25, 0.3) is 0 Å². The molecule has 1 aromatic rings. The SMILES string of the molecule is CCC[C@@H](C)Nc1ccccc1CO. The summed E-state index contributed by atoms with van der Waals surface area (Å²) < 4.78 is 0. The molecule has 0 heterocycles. The standard InChI is InChI=1S/C12H19NO/c1-3-6-10(2)13-12-8-5-4-7-11(12)9-14/h4-5,7-8,10,13-14H,3,6,9H2,1-2H3/t10-/m1/s1. The van der Waals surface area contributed by atoms with Crippen molar-refractivity contribution in [1.29, 1.82) is 0 Å². The number of benzene rings is 1. The molecule has 0 aromatic heterocycles. The van der Waals surface area contributed by atoms with Crippen molar-refractivity contribution in [3.63, 3.8) is 0 Å². The highest BCUT2D eigenvalue weighted by Crippen LogP contribution is 2.16. The Kier molecular flexibility index (Phi) is 4.47. The maximum atomic E-state index is 9.12. The van der Waals surface area contributed by atoms with Crippen molar-refractivity contribution in [2.24, 2.45) is 0 Å². The molecule has 0 bridgehead atoms. The third-order valence-electron chi connectivity index (χ3n) is 2.31. The maximum absolute atomic E-state index is 9.12. The van der Waals surface area contributed by atoms with Gasteiger partial charge in [0, 0.05) is 17.3 Å². The first-order chi connectivity index (χ1) is 6.77. The molecule has 2 heteroatoms. The molecule has 0 saturated carbocycles. The van der Waals surface area contributed by atoms with Gasteiger partial charge in [-0.15, -0.1) is 0 Å². The fourth-order valence-corrected chi connectivity index (χ4v) is 1.57. The summed E-state index contributed by atoms with van der Waals surface area (Å²) in [4.78, 5) is 0. The zero-order valence-corrected chi connectivity index (χ0v) is 8.96. The molecule has 0 fully saturated rings. The molecule has 0 aliphatic heterocycles. The van der Waals surface area contributed by atoms with Crippen LogP contribution in [0.4, 0.5) is 5.69 Å². The predicted octanol–water partition coefficient (Wildman–Crippen LogP) is 2.78. The Hall–Kier alpha value is -1.02. The van der Waals surface area contributed by atoms with Gasteiger partial charge in [-0.05, 0) is 19.4 Å². The molecule has 1 atom stereocenters. The minimum Gasteiger partial charge on any atom is -0.392 e. The molecule has 1 aromatic carbocycles. The van der Waals surface area contributed by atoms with Crippen molar-refractivity contribution in [2.45, 2.75) is 39.3 Å². The molecule has 78 valence electrons. The van der Waals surface area contributed by atoms with Crippen molar-refractivity contribution in [3.8, 4) is 0 Å². The van der Waals surface area contributed by atoms with Crippen LogP contribution in [-0.4, -0.2) is 11.1 Å². The molecule has 2 N–H and O–H groups in total. The largest absolute Gasteiger partial charge is 0.392 e. The molecule has 0 aliphatic rings. The Bertz CT molecular complexity index is 273. The van der Waals surface area contributed by atoms with Crippen molar-refractivity contribution in [2.75, 3.05) is 5.32 Å². The maximum Gasteiger partial charge on any atom is 0.0701 e. The van der Waals surface area contributed by atoms with E-state index >= 15 is 0 Å². The van der Waals surface area contributed by atoms with Crippen LogP contribution in [0.3, 0.4) is 0 Å². The quantitative estimate of drug-likeness (QED) is 0.753. The van der Waals surface area contributed by atoms with Gasteiger partial charge in [-0.1, -0.05) is 31.5 Å². The molecular formula is C12H19NO. The van der Waals surface area contributed by atoms with Crippen molar-refractivity contribution < 1.29 is 5.11 Å².